The number of hydrogen-bond acceptors (Lipinski definition) is 3. The van der Waals surface area contributed by atoms with Gasteiger partial charge in [0.2, 0.25) is 0 Å². The van der Waals surface area contributed by atoms with Crippen molar-refractivity contribution in [2.75, 3.05) is 18.1 Å². The molecule has 0 fully saturated rings. The van der Waals surface area contributed by atoms with Crippen molar-refractivity contribution >= 4 is 28.9 Å². The van der Waals surface area contributed by atoms with Crippen LogP contribution in [0.15, 0.2) is 72.8 Å². The number of carbonyl (C=O) groups is 1. The molecule has 29 heavy (non-hydrogen) atoms. The smallest absolute Gasteiger partial charge is 0.263 e. The summed E-state index contributed by atoms with van der Waals surface area (Å²) in [5.74, 6) is 1.35. The molecule has 4 nitrogen and oxygen atoms in total. The number of nitrogens with zero attached hydrogens (tertiary/aromatic N) is 1. The van der Waals surface area contributed by atoms with E-state index in [0.717, 1.165) is 22.5 Å². The number of hydrogen-bond donors (Lipinski definition) is 0. The van der Waals surface area contributed by atoms with Crippen LogP contribution in [0.2, 0.25) is 0 Å². The molecule has 1 heterocycles. The van der Waals surface area contributed by atoms with E-state index in [2.05, 4.69) is 0 Å². The molecule has 0 unspecified atom stereocenters. The van der Waals surface area contributed by atoms with Gasteiger partial charge in [0.15, 0.2) is 11.5 Å². The van der Waals surface area contributed by atoms with Gasteiger partial charge < -0.3 is 9.47 Å². The highest BCUT2D eigenvalue weighted by molar-refractivity contribution is 6.37. The van der Waals surface area contributed by atoms with Gasteiger partial charge >= 0.3 is 0 Å². The predicted octanol–water partition coefficient (Wildman–Crippen LogP) is 5.70. The molecule has 3 aromatic carbocycles. The Labute approximate surface area is 171 Å². The number of anilines is 2. The average Bonchev–Trinajstić information content (AvgIpc) is 3.02. The maximum Gasteiger partial charge on any atom is 0.263 e. The van der Waals surface area contributed by atoms with Crippen molar-refractivity contribution in [3.8, 4) is 11.5 Å². The molecule has 3 aromatic rings. The lowest BCUT2D eigenvalue weighted by atomic mass is 10.0. The number of benzene rings is 3. The Balaban J connectivity index is 1.78. The highest BCUT2D eigenvalue weighted by Gasteiger charge is 2.33. The highest BCUT2D eigenvalue weighted by atomic mass is 16.5. The maximum atomic E-state index is 13.3. The summed E-state index contributed by atoms with van der Waals surface area (Å²) >= 11 is 0. The summed E-state index contributed by atoms with van der Waals surface area (Å²) in [5.41, 5.74) is 4.23. The van der Waals surface area contributed by atoms with Crippen molar-refractivity contribution in [2.24, 2.45) is 0 Å². The van der Waals surface area contributed by atoms with Gasteiger partial charge in [0.25, 0.3) is 5.91 Å². The highest BCUT2D eigenvalue weighted by Crippen LogP contribution is 2.42. The number of rotatable bonds is 6. The first-order valence-corrected chi connectivity index (χ1v) is 9.83. The van der Waals surface area contributed by atoms with Crippen LogP contribution in [0.5, 0.6) is 11.5 Å². The third-order valence-corrected chi connectivity index (χ3v) is 4.76. The van der Waals surface area contributed by atoms with Crippen molar-refractivity contribution in [3.63, 3.8) is 0 Å². The third-order valence-electron chi connectivity index (χ3n) is 4.76. The van der Waals surface area contributed by atoms with Crippen LogP contribution >= 0.6 is 0 Å². The van der Waals surface area contributed by atoms with E-state index < -0.39 is 0 Å². The molecule has 0 bridgehead atoms. The SMILES string of the molecule is CCOc1ccc(/C=C2/C(=O)N(c3ccccc3)c3ccccc32)cc1OCC. The van der Waals surface area contributed by atoms with Gasteiger partial charge in [-0.3, -0.25) is 9.69 Å². The van der Waals surface area contributed by atoms with Gasteiger partial charge in [0, 0.05) is 11.3 Å². The average molecular weight is 385 g/mol. The first-order chi connectivity index (χ1) is 14.2. The summed E-state index contributed by atoms with van der Waals surface area (Å²) < 4.78 is 11.4. The minimum absolute atomic E-state index is 0.0377. The standard InChI is InChI=1S/C25H23NO3/c1-3-28-23-15-14-18(17-24(23)29-4-2)16-21-20-12-8-9-13-22(20)26(25(21)27)19-10-6-5-7-11-19/h5-17H,3-4H2,1-2H3/b21-16+. The molecular formula is C25H23NO3. The minimum atomic E-state index is -0.0377. The number of amides is 1. The molecule has 146 valence electrons. The molecule has 4 heteroatoms. The van der Waals surface area contributed by atoms with Gasteiger partial charge in [-0.15, -0.1) is 0 Å². The fourth-order valence-electron chi connectivity index (χ4n) is 3.54. The van der Waals surface area contributed by atoms with E-state index in [0.29, 0.717) is 30.3 Å². The van der Waals surface area contributed by atoms with E-state index in [1.807, 2.05) is 92.7 Å². The first kappa shape index (κ1) is 18.8. The normalized spacial score (nSPS) is 14.2. The molecule has 0 saturated heterocycles. The Bertz CT molecular complexity index is 1060. The van der Waals surface area contributed by atoms with E-state index in [-0.39, 0.29) is 5.91 Å². The molecular weight excluding hydrogens is 362 g/mol. The van der Waals surface area contributed by atoms with Gasteiger partial charge in [-0.1, -0.05) is 42.5 Å². The number of para-hydroxylation sites is 2. The van der Waals surface area contributed by atoms with E-state index in [9.17, 15) is 4.79 Å². The van der Waals surface area contributed by atoms with Gasteiger partial charge in [0.05, 0.1) is 24.5 Å². The zero-order valence-corrected chi connectivity index (χ0v) is 16.6. The molecule has 0 saturated carbocycles. The fourth-order valence-corrected chi connectivity index (χ4v) is 3.54. The molecule has 1 aliphatic rings. The van der Waals surface area contributed by atoms with E-state index in [1.165, 1.54) is 0 Å². The van der Waals surface area contributed by atoms with Crippen LogP contribution in [0.1, 0.15) is 25.0 Å². The minimum Gasteiger partial charge on any atom is -0.490 e. The summed E-state index contributed by atoms with van der Waals surface area (Å²) in [5, 5.41) is 0. The summed E-state index contributed by atoms with van der Waals surface area (Å²) in [6, 6.07) is 23.3. The molecule has 0 aliphatic carbocycles. The Morgan fingerprint density at radius 2 is 1.52 bits per heavy atom. The maximum absolute atomic E-state index is 13.3. The topological polar surface area (TPSA) is 38.8 Å². The zero-order valence-electron chi connectivity index (χ0n) is 16.6. The molecule has 0 aromatic heterocycles. The number of ether oxygens (including phenoxy) is 2. The number of carbonyl (C=O) groups excluding carboxylic acids is 1. The van der Waals surface area contributed by atoms with Crippen molar-refractivity contribution in [2.45, 2.75) is 13.8 Å². The van der Waals surface area contributed by atoms with Crippen molar-refractivity contribution in [3.05, 3.63) is 83.9 Å². The van der Waals surface area contributed by atoms with Crippen LogP contribution in [0.25, 0.3) is 11.6 Å². The van der Waals surface area contributed by atoms with Crippen LogP contribution < -0.4 is 14.4 Å². The van der Waals surface area contributed by atoms with E-state index >= 15 is 0 Å². The van der Waals surface area contributed by atoms with Crippen LogP contribution in [0.3, 0.4) is 0 Å². The largest absolute Gasteiger partial charge is 0.490 e. The Morgan fingerprint density at radius 3 is 2.28 bits per heavy atom. The summed E-state index contributed by atoms with van der Waals surface area (Å²) in [6.45, 7) is 5.00. The van der Waals surface area contributed by atoms with E-state index in [1.54, 1.807) is 4.90 Å². The van der Waals surface area contributed by atoms with Crippen molar-refractivity contribution < 1.29 is 14.3 Å². The third kappa shape index (κ3) is 3.61. The molecule has 0 N–H and O–H groups in total. The quantitative estimate of drug-likeness (QED) is 0.511. The van der Waals surface area contributed by atoms with Crippen LogP contribution in [-0.4, -0.2) is 19.1 Å². The second-order valence-corrected chi connectivity index (χ2v) is 6.62. The monoisotopic (exact) mass is 385 g/mol. The predicted molar refractivity (Wildman–Crippen MR) is 117 cm³/mol. The lowest BCUT2D eigenvalue weighted by molar-refractivity contribution is -0.112. The Kier molecular flexibility index (Phi) is 5.34. The van der Waals surface area contributed by atoms with Gasteiger partial charge in [-0.2, -0.15) is 0 Å². The molecule has 1 amide bonds. The Hall–Kier alpha value is -3.53. The van der Waals surface area contributed by atoms with Gasteiger partial charge in [-0.25, -0.2) is 0 Å². The second-order valence-electron chi connectivity index (χ2n) is 6.62. The summed E-state index contributed by atoms with van der Waals surface area (Å²) in [6.07, 6.45) is 1.92. The molecule has 0 radical (unpaired) electrons. The molecule has 4 rings (SSSR count). The lowest BCUT2D eigenvalue weighted by Crippen LogP contribution is -2.20. The zero-order chi connectivity index (χ0) is 20.2. The van der Waals surface area contributed by atoms with Crippen LogP contribution in [0, 0.1) is 0 Å². The second kappa shape index (κ2) is 8.23. The summed E-state index contributed by atoms with van der Waals surface area (Å²) in [7, 11) is 0. The van der Waals surface area contributed by atoms with Crippen molar-refractivity contribution in [1.82, 2.24) is 0 Å². The fraction of sp³-hybridized carbons (Fsp3) is 0.160. The Morgan fingerprint density at radius 1 is 0.828 bits per heavy atom. The molecule has 1 aliphatic heterocycles. The first-order valence-electron chi connectivity index (χ1n) is 9.83. The van der Waals surface area contributed by atoms with Crippen molar-refractivity contribution in [1.29, 1.82) is 0 Å². The van der Waals surface area contributed by atoms with Crippen LogP contribution in [0.4, 0.5) is 11.4 Å². The van der Waals surface area contributed by atoms with Gasteiger partial charge in [0.1, 0.15) is 0 Å². The van der Waals surface area contributed by atoms with Gasteiger partial charge in [-0.05, 0) is 55.8 Å². The number of fused-ring (bicyclic) bond motifs is 1. The molecule has 0 spiro atoms. The van der Waals surface area contributed by atoms with E-state index in [4.69, 9.17) is 9.47 Å². The summed E-state index contributed by atoms with van der Waals surface area (Å²) in [4.78, 5) is 15.1. The lowest BCUT2D eigenvalue weighted by Gasteiger charge is -2.16. The molecule has 0 atom stereocenters. The van der Waals surface area contributed by atoms with Crippen LogP contribution in [-0.2, 0) is 4.79 Å².